The van der Waals surface area contributed by atoms with E-state index in [4.69, 9.17) is 5.10 Å². The summed E-state index contributed by atoms with van der Waals surface area (Å²) in [5, 5.41) is 15.0. The van der Waals surface area contributed by atoms with Gasteiger partial charge in [-0.3, -0.25) is 29.4 Å². The van der Waals surface area contributed by atoms with Crippen molar-refractivity contribution in [1.29, 1.82) is 0 Å². The fraction of sp³-hybridized carbons (Fsp3) is 0.441. The van der Waals surface area contributed by atoms with E-state index < -0.39 is 5.92 Å². The van der Waals surface area contributed by atoms with Gasteiger partial charge >= 0.3 is 0 Å². The average Bonchev–Trinajstić information content (AvgIpc) is 3.39. The van der Waals surface area contributed by atoms with Crippen molar-refractivity contribution < 1.29 is 9.59 Å². The standard InChI is InChI=1S/C34H40N10O2/c1-41-32-26(31(40-41)27-9-10-30(45)39-33(27)46)3-2-4-29(32)44-15-13-43(14-16-44)25-20-42(21-25)19-22-5-7-24(8-6-22)37-34-36-17-23-11-12-35-18-28(23)38-34/h2-8,17,25,27,35H,9-16,18-21H2,1H3,(H,36,37,38)(H,39,45,46). The zero-order chi connectivity index (χ0) is 31.2. The second-order valence-electron chi connectivity index (χ2n) is 13.0. The number of hydrogen-bond acceptors (Lipinski definition) is 10. The minimum atomic E-state index is -0.392. The monoisotopic (exact) mass is 620 g/mol. The van der Waals surface area contributed by atoms with Crippen LogP contribution in [0.1, 0.15) is 41.3 Å². The predicted octanol–water partition coefficient (Wildman–Crippen LogP) is 2.28. The molecule has 2 amide bonds. The van der Waals surface area contributed by atoms with Crippen LogP contribution in [0.3, 0.4) is 0 Å². The van der Waals surface area contributed by atoms with Crippen LogP contribution in [0.15, 0.2) is 48.7 Å². The van der Waals surface area contributed by atoms with E-state index in [2.05, 4.69) is 83.1 Å². The summed E-state index contributed by atoms with van der Waals surface area (Å²) in [6.45, 7) is 8.86. The number of hydrogen-bond donors (Lipinski definition) is 3. The Bertz CT molecular complexity index is 1770. The summed E-state index contributed by atoms with van der Waals surface area (Å²) in [5.41, 5.74) is 7.61. The van der Waals surface area contributed by atoms with Gasteiger partial charge in [0.2, 0.25) is 17.8 Å². The number of carbonyl (C=O) groups excluding carboxylic acids is 2. The number of nitrogens with zero attached hydrogens (tertiary/aromatic N) is 7. The number of rotatable bonds is 7. The highest BCUT2D eigenvalue weighted by atomic mass is 16.2. The number of benzene rings is 2. The first-order valence-electron chi connectivity index (χ1n) is 16.4. The van der Waals surface area contributed by atoms with Crippen LogP contribution in [-0.2, 0) is 36.1 Å². The van der Waals surface area contributed by atoms with Gasteiger partial charge in [-0.2, -0.15) is 5.10 Å². The summed E-state index contributed by atoms with van der Waals surface area (Å²) < 4.78 is 1.90. The van der Waals surface area contributed by atoms with E-state index in [9.17, 15) is 9.59 Å². The summed E-state index contributed by atoms with van der Waals surface area (Å²) in [6, 6.07) is 15.5. The van der Waals surface area contributed by atoms with Crippen LogP contribution in [0.5, 0.6) is 0 Å². The molecule has 238 valence electrons. The van der Waals surface area contributed by atoms with Gasteiger partial charge in [-0.25, -0.2) is 9.97 Å². The molecule has 1 unspecified atom stereocenters. The second kappa shape index (κ2) is 12.1. The molecule has 46 heavy (non-hydrogen) atoms. The van der Waals surface area contributed by atoms with E-state index in [-0.39, 0.29) is 11.8 Å². The molecular weight excluding hydrogens is 580 g/mol. The maximum atomic E-state index is 12.6. The number of imide groups is 1. The van der Waals surface area contributed by atoms with Crippen molar-refractivity contribution in [2.24, 2.45) is 7.05 Å². The quantitative estimate of drug-likeness (QED) is 0.265. The lowest BCUT2D eigenvalue weighted by molar-refractivity contribution is -0.134. The highest BCUT2D eigenvalue weighted by Gasteiger charge is 2.35. The molecule has 0 saturated carbocycles. The molecule has 0 spiro atoms. The maximum Gasteiger partial charge on any atom is 0.235 e. The lowest BCUT2D eigenvalue weighted by Gasteiger charge is -2.48. The van der Waals surface area contributed by atoms with E-state index in [1.807, 2.05) is 17.9 Å². The highest BCUT2D eigenvalue weighted by Crippen LogP contribution is 2.35. The van der Waals surface area contributed by atoms with E-state index in [0.717, 1.165) is 99.0 Å². The summed E-state index contributed by atoms with van der Waals surface area (Å²) >= 11 is 0. The molecule has 4 aliphatic rings. The normalized spacial score (nSPS) is 21.2. The SMILES string of the molecule is Cn1nc(C2CCC(=O)NC2=O)c2cccc(N3CCN(C4CN(Cc5ccc(Nc6ncc7c(n6)CNCC7)cc5)C4)CC3)c21. The van der Waals surface area contributed by atoms with Gasteiger partial charge in [-0.05, 0) is 48.7 Å². The molecule has 1 atom stereocenters. The van der Waals surface area contributed by atoms with E-state index >= 15 is 0 Å². The smallest absolute Gasteiger partial charge is 0.235 e. The molecule has 4 aromatic rings. The third-order valence-corrected chi connectivity index (χ3v) is 9.98. The number of amides is 2. The first-order chi connectivity index (χ1) is 22.5. The first kappa shape index (κ1) is 29.0. The summed E-state index contributed by atoms with van der Waals surface area (Å²) in [7, 11) is 1.95. The molecule has 0 radical (unpaired) electrons. The molecule has 2 aromatic carbocycles. The van der Waals surface area contributed by atoms with Crippen LogP contribution in [0.25, 0.3) is 10.9 Å². The Balaban J connectivity index is 0.840. The van der Waals surface area contributed by atoms with Gasteiger partial charge in [-0.1, -0.05) is 24.3 Å². The van der Waals surface area contributed by atoms with Crippen LogP contribution in [0.2, 0.25) is 0 Å². The lowest BCUT2D eigenvalue weighted by Crippen LogP contribution is -2.62. The minimum Gasteiger partial charge on any atom is -0.367 e. The number of aryl methyl sites for hydroxylation is 1. The van der Waals surface area contributed by atoms with Crippen molar-refractivity contribution >= 4 is 40.0 Å². The van der Waals surface area contributed by atoms with Crippen LogP contribution >= 0.6 is 0 Å². The third kappa shape index (κ3) is 5.61. The van der Waals surface area contributed by atoms with Crippen molar-refractivity contribution in [2.75, 3.05) is 56.0 Å². The van der Waals surface area contributed by atoms with Crippen LogP contribution in [0, 0.1) is 0 Å². The van der Waals surface area contributed by atoms with Gasteiger partial charge in [0, 0.05) is 89.1 Å². The van der Waals surface area contributed by atoms with Gasteiger partial charge in [0.05, 0.1) is 28.5 Å². The number of aromatic nitrogens is 4. The molecule has 6 heterocycles. The maximum absolute atomic E-state index is 12.6. The predicted molar refractivity (Wildman–Crippen MR) is 176 cm³/mol. The lowest BCUT2D eigenvalue weighted by atomic mass is 9.92. The summed E-state index contributed by atoms with van der Waals surface area (Å²) in [5.74, 6) is -0.189. The molecule has 12 heteroatoms. The number of piperidine rings is 1. The Morgan fingerprint density at radius 2 is 1.83 bits per heavy atom. The topological polar surface area (TPSA) is 124 Å². The molecule has 3 N–H and O–H groups in total. The zero-order valence-corrected chi connectivity index (χ0v) is 26.2. The number of anilines is 3. The van der Waals surface area contributed by atoms with Gasteiger partial charge in [-0.15, -0.1) is 0 Å². The molecule has 2 aromatic heterocycles. The van der Waals surface area contributed by atoms with Crippen LogP contribution in [0.4, 0.5) is 17.3 Å². The molecule has 8 rings (SSSR count). The van der Waals surface area contributed by atoms with Crippen molar-refractivity contribution in [3.05, 3.63) is 71.2 Å². The Kier molecular flexibility index (Phi) is 7.63. The number of carbonyl (C=O) groups is 2. The van der Waals surface area contributed by atoms with Crippen molar-refractivity contribution in [1.82, 2.24) is 40.2 Å². The number of piperazine rings is 1. The van der Waals surface area contributed by atoms with E-state index in [0.29, 0.717) is 24.8 Å². The summed E-state index contributed by atoms with van der Waals surface area (Å²) in [4.78, 5) is 41.1. The molecule has 12 nitrogen and oxygen atoms in total. The molecule has 3 saturated heterocycles. The Morgan fingerprint density at radius 1 is 1.00 bits per heavy atom. The fourth-order valence-corrected chi connectivity index (χ4v) is 7.42. The molecule has 0 bridgehead atoms. The highest BCUT2D eigenvalue weighted by molar-refractivity contribution is 6.03. The second-order valence-corrected chi connectivity index (χ2v) is 13.0. The van der Waals surface area contributed by atoms with E-state index in [1.165, 1.54) is 11.1 Å². The van der Waals surface area contributed by atoms with Crippen LogP contribution < -0.4 is 20.9 Å². The number of para-hydroxylation sites is 1. The number of nitrogens with one attached hydrogen (secondary N) is 3. The van der Waals surface area contributed by atoms with Crippen molar-refractivity contribution in [2.45, 2.75) is 44.3 Å². The average molecular weight is 621 g/mol. The molecule has 3 fully saturated rings. The fourth-order valence-electron chi connectivity index (χ4n) is 7.42. The molecule has 0 aliphatic carbocycles. The summed E-state index contributed by atoms with van der Waals surface area (Å²) in [6.07, 6.45) is 3.78. The van der Waals surface area contributed by atoms with Crippen molar-refractivity contribution in [3.63, 3.8) is 0 Å². The van der Waals surface area contributed by atoms with Gasteiger partial charge < -0.3 is 15.5 Å². The zero-order valence-electron chi connectivity index (χ0n) is 26.2. The third-order valence-electron chi connectivity index (χ3n) is 9.98. The van der Waals surface area contributed by atoms with E-state index in [1.54, 1.807) is 0 Å². The van der Waals surface area contributed by atoms with Crippen molar-refractivity contribution in [3.8, 4) is 0 Å². The van der Waals surface area contributed by atoms with Gasteiger partial charge in [0.15, 0.2) is 0 Å². The Labute approximate surface area is 268 Å². The Morgan fingerprint density at radius 3 is 2.63 bits per heavy atom. The van der Waals surface area contributed by atoms with Gasteiger partial charge in [0.1, 0.15) is 0 Å². The Hall–Kier alpha value is -4.39. The van der Waals surface area contributed by atoms with Gasteiger partial charge in [0.25, 0.3) is 0 Å². The largest absolute Gasteiger partial charge is 0.367 e. The minimum absolute atomic E-state index is 0.202. The number of fused-ring (bicyclic) bond motifs is 2. The molecule has 4 aliphatic heterocycles. The first-order valence-corrected chi connectivity index (χ1v) is 16.4. The molecular formula is C34H40N10O2. The van der Waals surface area contributed by atoms with Crippen LogP contribution in [-0.4, -0.2) is 93.2 Å². The number of likely N-dealkylation sites (tertiary alicyclic amines) is 1.